The van der Waals surface area contributed by atoms with Crippen LogP contribution in [0, 0.1) is 0 Å². The van der Waals surface area contributed by atoms with E-state index in [4.69, 9.17) is 0 Å². The van der Waals surface area contributed by atoms with Crippen molar-refractivity contribution in [2.24, 2.45) is 0 Å². The van der Waals surface area contributed by atoms with Crippen molar-refractivity contribution < 1.29 is 15.3 Å². The quantitative estimate of drug-likeness (QED) is 0.648. The first-order valence-corrected chi connectivity index (χ1v) is 6.26. The summed E-state index contributed by atoms with van der Waals surface area (Å²) in [6.07, 6.45) is 5.03. The maximum Gasteiger partial charge on any atom is 0.184 e. The number of hydrogen-bond acceptors (Lipinski definition) is 4. The van der Waals surface area contributed by atoms with E-state index < -0.39 is 5.60 Å². The van der Waals surface area contributed by atoms with Crippen molar-refractivity contribution in [2.75, 3.05) is 0 Å². The normalized spacial score (nSPS) is 12.4. The van der Waals surface area contributed by atoms with Gasteiger partial charge in [0.25, 0.3) is 0 Å². The number of hydrogen-bond donors (Lipinski definition) is 4. The minimum atomic E-state index is -1.18. The number of fused-ring (bicyclic) bond motifs is 1. The van der Waals surface area contributed by atoms with Crippen LogP contribution >= 0.6 is 0 Å². The van der Waals surface area contributed by atoms with E-state index in [0.717, 1.165) is 0 Å². The summed E-state index contributed by atoms with van der Waals surface area (Å²) in [5.74, 6) is -0.244. The van der Waals surface area contributed by atoms with Gasteiger partial charge in [0.05, 0.1) is 0 Å². The molecule has 0 saturated heterocycles. The summed E-state index contributed by atoms with van der Waals surface area (Å²) in [6.45, 7) is 8.66. The van der Waals surface area contributed by atoms with E-state index in [0.29, 0.717) is 28.0 Å². The molecule has 4 N–H and O–H groups in total. The average molecular weight is 274 g/mol. The van der Waals surface area contributed by atoms with E-state index >= 15 is 0 Å². The second-order valence-corrected chi connectivity index (χ2v) is 5.10. The molecule has 0 atom stereocenters. The number of nitrogens with one attached hydrogen (secondary N) is 1. The van der Waals surface area contributed by atoms with Crippen LogP contribution < -0.4 is 0 Å². The van der Waals surface area contributed by atoms with Crippen molar-refractivity contribution in [3.8, 4) is 11.5 Å². The highest BCUT2D eigenvalue weighted by Gasteiger charge is 2.25. The lowest BCUT2D eigenvalue weighted by Gasteiger charge is -2.12. The fourth-order valence-electron chi connectivity index (χ4n) is 2.07. The van der Waals surface area contributed by atoms with Crippen LogP contribution in [0.5, 0.6) is 11.5 Å². The van der Waals surface area contributed by atoms with Crippen molar-refractivity contribution in [3.05, 3.63) is 29.6 Å². The zero-order chi connectivity index (χ0) is 15.1. The van der Waals surface area contributed by atoms with Crippen molar-refractivity contribution in [1.29, 1.82) is 0 Å². The second-order valence-electron chi connectivity index (χ2n) is 5.10. The summed E-state index contributed by atoms with van der Waals surface area (Å²) in [5.41, 5.74) is 0.632. The van der Waals surface area contributed by atoms with Crippen molar-refractivity contribution in [2.45, 2.75) is 26.4 Å². The second kappa shape index (κ2) is 4.68. The molecular weight excluding hydrogens is 256 g/mol. The van der Waals surface area contributed by atoms with Gasteiger partial charge in [0, 0.05) is 11.1 Å². The molecule has 0 aliphatic carbocycles. The maximum absolute atomic E-state index is 10.1. The highest BCUT2D eigenvalue weighted by atomic mass is 16.3. The third-order valence-electron chi connectivity index (χ3n) is 3.08. The Morgan fingerprint density at radius 3 is 2.35 bits per heavy atom. The molecule has 0 amide bonds. The van der Waals surface area contributed by atoms with E-state index in [1.807, 2.05) is 6.92 Å². The fourth-order valence-corrected chi connectivity index (χ4v) is 2.07. The van der Waals surface area contributed by atoms with Crippen LogP contribution in [-0.4, -0.2) is 25.3 Å². The molecule has 106 valence electrons. The molecule has 0 spiro atoms. The predicted octanol–water partition coefficient (Wildman–Crippen LogP) is 2.88. The number of benzene rings is 1. The van der Waals surface area contributed by atoms with Crippen molar-refractivity contribution in [3.63, 3.8) is 0 Å². The van der Waals surface area contributed by atoms with Crippen LogP contribution in [0.15, 0.2) is 12.7 Å². The molecule has 0 radical (unpaired) electrons. The Kier molecular flexibility index (Phi) is 3.31. The Hall–Kier alpha value is -2.27. The van der Waals surface area contributed by atoms with Gasteiger partial charge in [-0.2, -0.15) is 0 Å². The van der Waals surface area contributed by atoms with Gasteiger partial charge in [0.2, 0.25) is 0 Å². The molecule has 1 aromatic heterocycles. The lowest BCUT2D eigenvalue weighted by Crippen LogP contribution is -2.17. The molecule has 5 nitrogen and oxygen atoms in total. The first-order chi connectivity index (χ1) is 9.31. The number of aliphatic hydroxyl groups is 1. The number of aromatic hydroxyl groups is 2. The average Bonchev–Trinajstić information content (AvgIpc) is 2.81. The third-order valence-corrected chi connectivity index (χ3v) is 3.08. The predicted molar refractivity (Wildman–Crippen MR) is 79.5 cm³/mol. The fraction of sp³-hybridized carbons (Fsp3) is 0.267. The SMILES string of the molecule is C=Cc1c(O)c(O)c2[nH]c(C(C)(C)O)nc2c1/C=C\C. The lowest BCUT2D eigenvalue weighted by atomic mass is 10.0. The van der Waals surface area contributed by atoms with Crippen molar-refractivity contribution >= 4 is 23.2 Å². The molecule has 0 saturated carbocycles. The minimum absolute atomic E-state index is 0.258. The summed E-state index contributed by atoms with van der Waals surface area (Å²) in [7, 11) is 0. The smallest absolute Gasteiger partial charge is 0.184 e. The van der Waals surface area contributed by atoms with E-state index in [-0.39, 0.29) is 11.5 Å². The molecule has 0 fully saturated rings. The molecule has 1 heterocycles. The highest BCUT2D eigenvalue weighted by molar-refractivity contribution is 5.96. The number of H-pyrrole nitrogens is 1. The highest BCUT2D eigenvalue weighted by Crippen LogP contribution is 2.41. The van der Waals surface area contributed by atoms with Gasteiger partial charge in [-0.1, -0.05) is 24.8 Å². The number of phenols is 2. The maximum atomic E-state index is 10.1. The van der Waals surface area contributed by atoms with E-state index in [2.05, 4.69) is 16.5 Å². The van der Waals surface area contributed by atoms with Gasteiger partial charge < -0.3 is 20.3 Å². The number of imidazole rings is 1. The topological polar surface area (TPSA) is 89.4 Å². The van der Waals surface area contributed by atoms with Gasteiger partial charge in [-0.15, -0.1) is 0 Å². The molecule has 20 heavy (non-hydrogen) atoms. The first-order valence-electron chi connectivity index (χ1n) is 6.26. The third kappa shape index (κ3) is 2.06. The van der Waals surface area contributed by atoms with Gasteiger partial charge in [-0.05, 0) is 20.8 Å². The molecule has 0 bridgehead atoms. The molecule has 2 rings (SSSR count). The standard InChI is InChI=1S/C15H18N2O3/c1-5-7-9-8(6-2)12(18)13(19)11-10(9)16-14(17-11)15(3,4)20/h5-7,18-20H,2H2,1,3-4H3,(H,16,17)/b7-5-. The molecule has 5 heteroatoms. The Morgan fingerprint density at radius 1 is 1.20 bits per heavy atom. The largest absolute Gasteiger partial charge is 0.504 e. The van der Waals surface area contributed by atoms with Crippen molar-refractivity contribution in [1.82, 2.24) is 9.97 Å². The van der Waals surface area contributed by atoms with Crippen LogP contribution in [0.1, 0.15) is 37.7 Å². The Balaban J connectivity index is 2.95. The molecule has 0 aliphatic rings. The van der Waals surface area contributed by atoms with Gasteiger partial charge in [0.15, 0.2) is 11.5 Å². The van der Waals surface area contributed by atoms with Gasteiger partial charge in [-0.3, -0.25) is 0 Å². The number of phenolic OH excluding ortho intramolecular Hbond substituents is 2. The Morgan fingerprint density at radius 2 is 1.85 bits per heavy atom. The number of rotatable bonds is 3. The van der Waals surface area contributed by atoms with Crippen LogP contribution in [-0.2, 0) is 5.60 Å². The minimum Gasteiger partial charge on any atom is -0.504 e. The summed E-state index contributed by atoms with van der Waals surface area (Å²) in [4.78, 5) is 7.19. The molecule has 0 unspecified atom stereocenters. The number of allylic oxidation sites excluding steroid dienone is 1. The summed E-state index contributed by atoms with van der Waals surface area (Å²) >= 11 is 0. The summed E-state index contributed by atoms with van der Waals surface area (Å²) in [6, 6.07) is 0. The number of nitrogens with zero attached hydrogens (tertiary/aromatic N) is 1. The summed E-state index contributed by atoms with van der Waals surface area (Å²) < 4.78 is 0. The Bertz CT molecular complexity index is 706. The first kappa shape index (κ1) is 14.1. The van der Waals surface area contributed by atoms with Crippen LogP contribution in [0.2, 0.25) is 0 Å². The zero-order valence-corrected chi connectivity index (χ0v) is 11.7. The van der Waals surface area contributed by atoms with E-state index in [9.17, 15) is 15.3 Å². The summed E-state index contributed by atoms with van der Waals surface area (Å²) in [5, 5.41) is 30.1. The zero-order valence-electron chi connectivity index (χ0n) is 11.7. The van der Waals surface area contributed by atoms with Gasteiger partial charge >= 0.3 is 0 Å². The van der Waals surface area contributed by atoms with Gasteiger partial charge in [0.1, 0.15) is 22.5 Å². The Labute approximate surface area is 116 Å². The number of aromatic amines is 1. The molecule has 0 aliphatic heterocycles. The molecular formula is C15H18N2O3. The monoisotopic (exact) mass is 274 g/mol. The van der Waals surface area contributed by atoms with E-state index in [1.54, 1.807) is 26.0 Å². The van der Waals surface area contributed by atoms with Crippen LogP contribution in [0.4, 0.5) is 0 Å². The van der Waals surface area contributed by atoms with E-state index in [1.165, 1.54) is 6.08 Å². The van der Waals surface area contributed by atoms with Gasteiger partial charge in [-0.25, -0.2) is 4.98 Å². The lowest BCUT2D eigenvalue weighted by molar-refractivity contribution is 0.0700. The van der Waals surface area contributed by atoms with Crippen LogP contribution in [0.25, 0.3) is 23.2 Å². The molecule has 2 aromatic rings. The number of aromatic nitrogens is 2. The van der Waals surface area contributed by atoms with Crippen LogP contribution in [0.3, 0.4) is 0 Å². The molecule has 1 aromatic carbocycles.